The van der Waals surface area contributed by atoms with E-state index in [9.17, 15) is 9.59 Å². The van der Waals surface area contributed by atoms with Crippen molar-refractivity contribution in [3.63, 3.8) is 0 Å². The molecule has 4 heteroatoms. The molecule has 2 aliphatic rings. The van der Waals surface area contributed by atoms with Crippen molar-refractivity contribution < 1.29 is 14.7 Å². The Kier molecular flexibility index (Phi) is 4.16. The van der Waals surface area contributed by atoms with E-state index >= 15 is 0 Å². The van der Waals surface area contributed by atoms with Crippen LogP contribution in [0.2, 0.25) is 0 Å². The molecular weight excluding hydrogens is 242 g/mol. The summed E-state index contributed by atoms with van der Waals surface area (Å²) in [6.07, 6.45) is 4.14. The molecule has 2 saturated carbocycles. The summed E-state index contributed by atoms with van der Waals surface area (Å²) in [5.74, 6) is -0.480. The van der Waals surface area contributed by atoms with Crippen LogP contribution in [0.15, 0.2) is 0 Å². The zero-order chi connectivity index (χ0) is 14.2. The van der Waals surface area contributed by atoms with Crippen molar-refractivity contribution in [2.24, 2.45) is 17.8 Å². The smallest absolute Gasteiger partial charge is 0.306 e. The minimum absolute atomic E-state index is 0.0668. The third-order valence-electron chi connectivity index (χ3n) is 4.73. The van der Waals surface area contributed by atoms with E-state index in [2.05, 4.69) is 25.7 Å². The zero-order valence-electron chi connectivity index (χ0n) is 12.1. The van der Waals surface area contributed by atoms with E-state index in [1.807, 2.05) is 0 Å². The first kappa shape index (κ1) is 14.4. The van der Waals surface area contributed by atoms with Gasteiger partial charge < -0.3 is 10.0 Å². The van der Waals surface area contributed by atoms with Gasteiger partial charge in [-0.15, -0.1) is 0 Å². The fourth-order valence-corrected chi connectivity index (χ4v) is 3.03. The Hall–Kier alpha value is -1.06. The van der Waals surface area contributed by atoms with E-state index in [1.165, 1.54) is 0 Å². The maximum absolute atomic E-state index is 12.7. The van der Waals surface area contributed by atoms with E-state index in [4.69, 9.17) is 5.11 Å². The molecule has 0 aromatic rings. The summed E-state index contributed by atoms with van der Waals surface area (Å²) in [6.45, 7) is 6.40. The number of aliphatic carboxylic acids is 1. The molecule has 2 rings (SSSR count). The van der Waals surface area contributed by atoms with Crippen molar-refractivity contribution in [1.82, 2.24) is 4.90 Å². The highest BCUT2D eigenvalue weighted by atomic mass is 16.4. The maximum Gasteiger partial charge on any atom is 0.306 e. The lowest BCUT2D eigenvalue weighted by molar-refractivity contribution is -0.142. The Labute approximate surface area is 115 Å². The maximum atomic E-state index is 12.7. The van der Waals surface area contributed by atoms with Crippen molar-refractivity contribution in [1.29, 1.82) is 0 Å². The van der Waals surface area contributed by atoms with Gasteiger partial charge in [0.15, 0.2) is 0 Å². The number of carbonyl (C=O) groups is 2. The Morgan fingerprint density at radius 2 is 1.63 bits per heavy atom. The van der Waals surface area contributed by atoms with Gasteiger partial charge in [0.25, 0.3) is 0 Å². The van der Waals surface area contributed by atoms with Gasteiger partial charge in [-0.2, -0.15) is 0 Å². The second-order valence-corrected chi connectivity index (χ2v) is 6.51. The molecule has 0 aliphatic heterocycles. The topological polar surface area (TPSA) is 57.6 Å². The number of rotatable bonds is 5. The molecule has 2 aliphatic carbocycles. The Bertz CT molecular complexity index is 362. The summed E-state index contributed by atoms with van der Waals surface area (Å²) in [7, 11) is 0. The predicted octanol–water partition coefficient (Wildman–Crippen LogP) is 2.52. The Morgan fingerprint density at radius 3 is 2.05 bits per heavy atom. The van der Waals surface area contributed by atoms with E-state index in [0.717, 1.165) is 19.3 Å². The van der Waals surface area contributed by atoms with Crippen LogP contribution in [0.3, 0.4) is 0 Å². The van der Waals surface area contributed by atoms with Crippen LogP contribution in [0.25, 0.3) is 0 Å². The van der Waals surface area contributed by atoms with Gasteiger partial charge in [0.05, 0.1) is 5.92 Å². The van der Waals surface area contributed by atoms with Gasteiger partial charge in [-0.25, -0.2) is 0 Å². The Morgan fingerprint density at radius 1 is 1.05 bits per heavy atom. The largest absolute Gasteiger partial charge is 0.481 e. The Balaban J connectivity index is 2.02. The molecule has 0 saturated heterocycles. The summed E-state index contributed by atoms with van der Waals surface area (Å²) in [5.41, 5.74) is 0. The van der Waals surface area contributed by atoms with Gasteiger partial charge in [-0.1, -0.05) is 13.8 Å². The highest BCUT2D eigenvalue weighted by Gasteiger charge is 2.42. The van der Waals surface area contributed by atoms with Gasteiger partial charge in [0.1, 0.15) is 0 Å². The third kappa shape index (κ3) is 3.10. The summed E-state index contributed by atoms with van der Waals surface area (Å²) in [6, 6.07) is 0.664. The average Bonchev–Trinajstić information content (AvgIpc) is 3.04. The number of carboxylic acid groups (broad SMARTS) is 1. The second-order valence-electron chi connectivity index (χ2n) is 6.51. The van der Waals surface area contributed by atoms with Crippen LogP contribution in [-0.2, 0) is 9.59 Å². The van der Waals surface area contributed by atoms with Crippen LogP contribution in [0, 0.1) is 17.8 Å². The van der Waals surface area contributed by atoms with Gasteiger partial charge in [-0.05, 0) is 44.9 Å². The average molecular weight is 267 g/mol. The quantitative estimate of drug-likeness (QED) is 0.832. The molecule has 1 unspecified atom stereocenters. The van der Waals surface area contributed by atoms with Crippen molar-refractivity contribution >= 4 is 11.9 Å². The molecule has 2 fully saturated rings. The molecule has 1 N–H and O–H groups in total. The van der Waals surface area contributed by atoms with E-state index in [1.54, 1.807) is 0 Å². The lowest BCUT2D eigenvalue weighted by Crippen LogP contribution is -2.45. The van der Waals surface area contributed by atoms with Crippen molar-refractivity contribution in [2.45, 2.75) is 65.0 Å². The van der Waals surface area contributed by atoms with Gasteiger partial charge >= 0.3 is 5.97 Å². The van der Waals surface area contributed by atoms with Crippen LogP contribution < -0.4 is 0 Å². The van der Waals surface area contributed by atoms with E-state index < -0.39 is 5.97 Å². The first-order valence-corrected chi connectivity index (χ1v) is 7.46. The molecule has 0 heterocycles. The van der Waals surface area contributed by atoms with Crippen LogP contribution in [-0.4, -0.2) is 34.0 Å². The molecule has 0 aromatic heterocycles. The number of hydrogen-bond acceptors (Lipinski definition) is 2. The zero-order valence-corrected chi connectivity index (χ0v) is 12.1. The summed E-state index contributed by atoms with van der Waals surface area (Å²) in [4.78, 5) is 25.7. The number of carbonyl (C=O) groups excluding carboxylic acids is 1. The fraction of sp³-hybridized carbons (Fsp3) is 0.867. The van der Waals surface area contributed by atoms with E-state index in [-0.39, 0.29) is 23.8 Å². The first-order chi connectivity index (χ1) is 8.91. The van der Waals surface area contributed by atoms with Gasteiger partial charge in [-0.3, -0.25) is 9.59 Å². The van der Waals surface area contributed by atoms with Crippen molar-refractivity contribution in [2.75, 3.05) is 0 Å². The minimum Gasteiger partial charge on any atom is -0.481 e. The summed E-state index contributed by atoms with van der Waals surface area (Å²) < 4.78 is 0. The summed E-state index contributed by atoms with van der Waals surface area (Å²) >= 11 is 0. The highest BCUT2D eigenvalue weighted by molar-refractivity contribution is 5.81. The highest BCUT2D eigenvalue weighted by Crippen LogP contribution is 2.37. The number of nitrogens with zero attached hydrogens (tertiary/aromatic N) is 1. The standard InChI is InChI=1S/C15H25NO3/c1-9(2)10(3)16(13-6-7-13)14(17)11-4-5-12(8-11)15(18)19/h9-13H,4-8H2,1-3H3,(H,18,19)/t10?,11-,12+/m1/s1. The number of hydrogen-bond donors (Lipinski definition) is 1. The van der Waals surface area contributed by atoms with Crippen LogP contribution in [0.5, 0.6) is 0 Å². The van der Waals surface area contributed by atoms with Crippen LogP contribution in [0.4, 0.5) is 0 Å². The SMILES string of the molecule is CC(C)C(C)N(C(=O)[C@@H]1CC[C@H](C(=O)O)C1)C1CC1. The third-order valence-corrected chi connectivity index (χ3v) is 4.73. The van der Waals surface area contributed by atoms with E-state index in [0.29, 0.717) is 24.8 Å². The molecule has 4 nitrogen and oxygen atoms in total. The minimum atomic E-state index is -0.745. The van der Waals surface area contributed by atoms with Gasteiger partial charge in [0.2, 0.25) is 5.91 Å². The lowest BCUT2D eigenvalue weighted by atomic mass is 9.99. The molecule has 3 atom stereocenters. The molecule has 0 spiro atoms. The molecular formula is C15H25NO3. The molecule has 1 amide bonds. The molecule has 0 bridgehead atoms. The normalized spacial score (nSPS) is 28.4. The predicted molar refractivity (Wildman–Crippen MR) is 72.6 cm³/mol. The van der Waals surface area contributed by atoms with Crippen molar-refractivity contribution in [3.05, 3.63) is 0 Å². The molecule has 19 heavy (non-hydrogen) atoms. The number of carboxylic acids is 1. The fourth-order valence-electron chi connectivity index (χ4n) is 3.03. The first-order valence-electron chi connectivity index (χ1n) is 7.46. The summed E-state index contributed by atoms with van der Waals surface area (Å²) in [5, 5.41) is 9.05. The monoisotopic (exact) mass is 267 g/mol. The molecule has 0 radical (unpaired) electrons. The lowest BCUT2D eigenvalue weighted by Gasteiger charge is -2.34. The van der Waals surface area contributed by atoms with Crippen LogP contribution >= 0.6 is 0 Å². The molecule has 0 aromatic carbocycles. The molecule has 108 valence electrons. The van der Waals surface area contributed by atoms with Crippen molar-refractivity contribution in [3.8, 4) is 0 Å². The number of amides is 1. The van der Waals surface area contributed by atoms with Crippen LogP contribution in [0.1, 0.15) is 52.9 Å². The van der Waals surface area contributed by atoms with Gasteiger partial charge in [0, 0.05) is 18.0 Å². The second kappa shape index (κ2) is 5.51.